The van der Waals surface area contributed by atoms with Gasteiger partial charge in [-0.3, -0.25) is 9.40 Å². The number of hydrogen-bond acceptors (Lipinski definition) is 5. The lowest BCUT2D eigenvalue weighted by molar-refractivity contribution is 0.415. The van der Waals surface area contributed by atoms with Crippen LogP contribution in [0.15, 0.2) is 83.2 Å². The highest BCUT2D eigenvalue weighted by Crippen LogP contribution is 2.31. The van der Waals surface area contributed by atoms with Gasteiger partial charge in [0.1, 0.15) is 16.3 Å². The van der Waals surface area contributed by atoms with E-state index in [0.717, 1.165) is 10.4 Å². The minimum absolute atomic E-state index is 0.138. The van der Waals surface area contributed by atoms with Crippen LogP contribution >= 0.6 is 11.3 Å². The number of anilines is 1. The Kier molecular flexibility index (Phi) is 5.37. The maximum atomic E-state index is 13.2. The van der Waals surface area contributed by atoms with Gasteiger partial charge in [-0.15, -0.1) is 11.3 Å². The SMILES string of the molecule is COc1cccc(NS(=O)(=O)c2cn(Cc3ccccc3)nc2-c2cccs2)c1. The maximum Gasteiger partial charge on any atom is 0.265 e. The number of hydrogen-bond donors (Lipinski definition) is 1. The molecule has 0 spiro atoms. The van der Waals surface area contributed by atoms with Crippen LogP contribution in [-0.4, -0.2) is 25.3 Å². The van der Waals surface area contributed by atoms with E-state index in [2.05, 4.69) is 9.82 Å². The summed E-state index contributed by atoms with van der Waals surface area (Å²) in [5, 5.41) is 6.47. The number of sulfonamides is 1. The van der Waals surface area contributed by atoms with Crippen molar-refractivity contribution in [2.75, 3.05) is 11.8 Å². The van der Waals surface area contributed by atoms with E-state index < -0.39 is 10.0 Å². The summed E-state index contributed by atoms with van der Waals surface area (Å²) in [5.41, 5.74) is 1.90. The molecule has 0 saturated carbocycles. The quantitative estimate of drug-likeness (QED) is 0.474. The summed E-state index contributed by atoms with van der Waals surface area (Å²) in [6.07, 6.45) is 1.57. The standard InChI is InChI=1S/C21H19N3O3S2/c1-27-18-10-5-9-17(13-18)23-29(25,26)20-15-24(14-16-7-3-2-4-8-16)22-21(20)19-11-6-12-28-19/h2-13,15,23H,14H2,1H3. The normalized spacial score (nSPS) is 11.3. The van der Waals surface area contributed by atoms with Crippen molar-refractivity contribution in [3.05, 3.63) is 83.9 Å². The summed E-state index contributed by atoms with van der Waals surface area (Å²) >= 11 is 1.45. The van der Waals surface area contributed by atoms with Crippen LogP contribution in [0.25, 0.3) is 10.6 Å². The third-order valence-corrected chi connectivity index (χ3v) is 6.54. The smallest absolute Gasteiger partial charge is 0.265 e. The second-order valence-corrected chi connectivity index (χ2v) is 8.94. The number of nitrogens with one attached hydrogen (secondary N) is 1. The number of ether oxygens (including phenoxy) is 1. The van der Waals surface area contributed by atoms with Gasteiger partial charge in [-0.1, -0.05) is 42.5 Å². The second kappa shape index (κ2) is 8.10. The first-order valence-corrected chi connectivity index (χ1v) is 11.2. The number of thiophene rings is 1. The average molecular weight is 426 g/mol. The van der Waals surface area contributed by atoms with Crippen LogP contribution < -0.4 is 9.46 Å². The molecular weight excluding hydrogens is 406 g/mol. The van der Waals surface area contributed by atoms with Crippen molar-refractivity contribution < 1.29 is 13.2 Å². The Hall–Kier alpha value is -3.10. The lowest BCUT2D eigenvalue weighted by Gasteiger charge is -2.09. The van der Waals surface area contributed by atoms with Crippen molar-refractivity contribution >= 4 is 27.0 Å². The van der Waals surface area contributed by atoms with Crippen LogP contribution in [0.3, 0.4) is 0 Å². The molecule has 0 aliphatic heterocycles. The molecule has 0 amide bonds. The molecule has 29 heavy (non-hydrogen) atoms. The highest BCUT2D eigenvalue weighted by atomic mass is 32.2. The molecule has 2 aromatic heterocycles. The van der Waals surface area contributed by atoms with Gasteiger partial charge in [-0.05, 0) is 29.1 Å². The van der Waals surface area contributed by atoms with E-state index in [1.807, 2.05) is 47.8 Å². The van der Waals surface area contributed by atoms with Crippen molar-refractivity contribution in [2.45, 2.75) is 11.4 Å². The van der Waals surface area contributed by atoms with Crippen LogP contribution in [0, 0.1) is 0 Å². The molecular formula is C21H19N3O3S2. The Labute approximate surface area is 173 Å². The van der Waals surface area contributed by atoms with Crippen molar-refractivity contribution in [3.8, 4) is 16.3 Å². The van der Waals surface area contributed by atoms with Crippen LogP contribution in [0.1, 0.15) is 5.56 Å². The molecule has 2 heterocycles. The minimum atomic E-state index is -3.85. The van der Waals surface area contributed by atoms with Crippen molar-refractivity contribution in [2.24, 2.45) is 0 Å². The predicted octanol–water partition coefficient (Wildman–Crippen LogP) is 4.47. The topological polar surface area (TPSA) is 73.2 Å². The lowest BCUT2D eigenvalue weighted by Crippen LogP contribution is -2.13. The molecule has 0 aliphatic rings. The number of nitrogens with zero attached hydrogens (tertiary/aromatic N) is 2. The molecule has 4 aromatic rings. The Morgan fingerprint density at radius 1 is 1.07 bits per heavy atom. The van der Waals surface area contributed by atoms with E-state index in [1.54, 1.807) is 35.1 Å². The molecule has 148 valence electrons. The van der Waals surface area contributed by atoms with Crippen LogP contribution in [0.5, 0.6) is 5.75 Å². The third kappa shape index (κ3) is 4.33. The Morgan fingerprint density at radius 3 is 2.62 bits per heavy atom. The van der Waals surface area contributed by atoms with E-state index in [0.29, 0.717) is 23.7 Å². The number of aromatic nitrogens is 2. The molecule has 0 atom stereocenters. The highest BCUT2D eigenvalue weighted by molar-refractivity contribution is 7.92. The number of rotatable bonds is 7. The fourth-order valence-corrected chi connectivity index (χ4v) is 4.93. The van der Waals surface area contributed by atoms with Gasteiger partial charge in [0.2, 0.25) is 0 Å². The Bertz CT molecular complexity index is 1200. The fourth-order valence-electron chi connectivity index (χ4n) is 2.93. The molecule has 1 N–H and O–H groups in total. The number of methoxy groups -OCH3 is 1. The van der Waals surface area contributed by atoms with E-state index in [9.17, 15) is 8.42 Å². The summed E-state index contributed by atoms with van der Waals surface area (Å²) in [5.74, 6) is 0.573. The predicted molar refractivity (Wildman–Crippen MR) is 115 cm³/mol. The van der Waals surface area contributed by atoms with Gasteiger partial charge in [0.15, 0.2) is 0 Å². The second-order valence-electron chi connectivity index (χ2n) is 6.34. The van der Waals surface area contributed by atoms with E-state index in [4.69, 9.17) is 4.74 Å². The molecule has 0 radical (unpaired) electrons. The fraction of sp³-hybridized carbons (Fsp3) is 0.0952. The average Bonchev–Trinajstić information content (AvgIpc) is 3.38. The van der Waals surface area contributed by atoms with Crippen LogP contribution in [0.4, 0.5) is 5.69 Å². The van der Waals surface area contributed by atoms with Crippen molar-refractivity contribution in [1.82, 2.24) is 9.78 Å². The van der Waals surface area contributed by atoms with Gasteiger partial charge < -0.3 is 4.74 Å². The summed E-state index contributed by atoms with van der Waals surface area (Å²) in [6.45, 7) is 0.480. The summed E-state index contributed by atoms with van der Waals surface area (Å²) in [7, 11) is -2.31. The minimum Gasteiger partial charge on any atom is -0.497 e. The summed E-state index contributed by atoms with van der Waals surface area (Å²) in [4.78, 5) is 0.932. The molecule has 6 nitrogen and oxygen atoms in total. The zero-order valence-corrected chi connectivity index (χ0v) is 17.3. The highest BCUT2D eigenvalue weighted by Gasteiger charge is 2.24. The van der Waals surface area contributed by atoms with Crippen molar-refractivity contribution in [3.63, 3.8) is 0 Å². The number of benzene rings is 2. The zero-order chi connectivity index (χ0) is 20.3. The van der Waals surface area contributed by atoms with Crippen LogP contribution in [0.2, 0.25) is 0 Å². The van der Waals surface area contributed by atoms with Gasteiger partial charge >= 0.3 is 0 Å². The van der Waals surface area contributed by atoms with E-state index >= 15 is 0 Å². The molecule has 0 fully saturated rings. The summed E-state index contributed by atoms with van der Waals surface area (Å²) < 4.78 is 35.8. The lowest BCUT2D eigenvalue weighted by atomic mass is 10.2. The van der Waals surface area contributed by atoms with Crippen LogP contribution in [-0.2, 0) is 16.6 Å². The van der Waals surface area contributed by atoms with E-state index in [-0.39, 0.29) is 4.90 Å². The molecule has 0 aliphatic carbocycles. The molecule has 0 unspecified atom stereocenters. The molecule has 2 aromatic carbocycles. The molecule has 8 heteroatoms. The Balaban J connectivity index is 1.72. The molecule has 4 rings (SSSR count). The van der Waals surface area contributed by atoms with Gasteiger partial charge in [0.25, 0.3) is 10.0 Å². The molecule has 0 saturated heterocycles. The Morgan fingerprint density at radius 2 is 1.90 bits per heavy atom. The first kappa shape index (κ1) is 19.2. The first-order valence-electron chi connectivity index (χ1n) is 8.87. The maximum absolute atomic E-state index is 13.2. The van der Waals surface area contributed by atoms with Gasteiger partial charge in [-0.25, -0.2) is 8.42 Å². The summed E-state index contributed by atoms with van der Waals surface area (Å²) in [6, 6.07) is 20.3. The monoisotopic (exact) mass is 425 g/mol. The van der Waals surface area contributed by atoms with Gasteiger partial charge in [0.05, 0.1) is 24.2 Å². The zero-order valence-electron chi connectivity index (χ0n) is 15.6. The van der Waals surface area contributed by atoms with E-state index in [1.165, 1.54) is 18.4 Å². The largest absolute Gasteiger partial charge is 0.497 e. The van der Waals surface area contributed by atoms with Gasteiger partial charge in [-0.2, -0.15) is 5.10 Å². The van der Waals surface area contributed by atoms with Crippen molar-refractivity contribution in [1.29, 1.82) is 0 Å². The molecule has 0 bridgehead atoms. The first-order chi connectivity index (χ1) is 14.0. The van der Waals surface area contributed by atoms with Gasteiger partial charge in [0, 0.05) is 12.3 Å². The third-order valence-electron chi connectivity index (χ3n) is 4.28.